The Bertz CT molecular complexity index is 541. The number of anilines is 1. The number of oxazole rings is 1. The van der Waals surface area contributed by atoms with Crippen molar-refractivity contribution < 1.29 is 22.4 Å². The number of carbonyl (C=O) groups excluding carboxylic acids is 1. The van der Waals surface area contributed by atoms with Crippen molar-refractivity contribution in [3.63, 3.8) is 0 Å². The normalized spacial score (nSPS) is 22.8. The average molecular weight is 307 g/mol. The fourth-order valence-corrected chi connectivity index (χ4v) is 2.68. The van der Waals surface area contributed by atoms with E-state index < -0.39 is 29.7 Å². The van der Waals surface area contributed by atoms with E-state index in [1.165, 1.54) is 11.8 Å². The maximum Gasteiger partial charge on any atom is 0.436 e. The molecule has 1 aliphatic heterocycles. The molecule has 1 aromatic heterocycles. The SMILES string of the molecule is CSC1=NCC(C)C1C(=O)Nc1nc(C(F)(F)F)co1. The van der Waals surface area contributed by atoms with Gasteiger partial charge in [0.05, 0.1) is 11.0 Å². The van der Waals surface area contributed by atoms with E-state index in [0.29, 0.717) is 17.9 Å². The van der Waals surface area contributed by atoms with E-state index in [1.54, 1.807) is 6.26 Å². The Morgan fingerprint density at radius 2 is 2.25 bits per heavy atom. The molecule has 1 aliphatic rings. The van der Waals surface area contributed by atoms with Crippen molar-refractivity contribution >= 4 is 28.7 Å². The van der Waals surface area contributed by atoms with Gasteiger partial charge in [0.2, 0.25) is 5.91 Å². The molecular formula is C11H12F3N3O2S. The van der Waals surface area contributed by atoms with Gasteiger partial charge in [0, 0.05) is 6.54 Å². The molecule has 2 heterocycles. The number of hydrogen-bond acceptors (Lipinski definition) is 5. The highest BCUT2D eigenvalue weighted by Crippen LogP contribution is 2.30. The highest BCUT2D eigenvalue weighted by molar-refractivity contribution is 8.13. The summed E-state index contributed by atoms with van der Waals surface area (Å²) < 4.78 is 41.7. The van der Waals surface area contributed by atoms with Crippen molar-refractivity contribution in [1.29, 1.82) is 0 Å². The van der Waals surface area contributed by atoms with E-state index in [9.17, 15) is 18.0 Å². The van der Waals surface area contributed by atoms with Crippen molar-refractivity contribution in [2.75, 3.05) is 18.1 Å². The summed E-state index contributed by atoms with van der Waals surface area (Å²) >= 11 is 1.35. The third-order valence-electron chi connectivity index (χ3n) is 2.89. The van der Waals surface area contributed by atoms with E-state index in [2.05, 4.69) is 19.7 Å². The van der Waals surface area contributed by atoms with Crippen LogP contribution in [0, 0.1) is 11.8 Å². The zero-order chi connectivity index (χ0) is 14.9. The Morgan fingerprint density at radius 1 is 1.55 bits per heavy atom. The molecule has 110 valence electrons. The minimum Gasteiger partial charge on any atom is -0.431 e. The zero-order valence-electron chi connectivity index (χ0n) is 10.7. The van der Waals surface area contributed by atoms with Crippen LogP contribution in [-0.2, 0) is 11.0 Å². The smallest absolute Gasteiger partial charge is 0.431 e. The lowest BCUT2D eigenvalue weighted by Gasteiger charge is -2.14. The van der Waals surface area contributed by atoms with Crippen molar-refractivity contribution in [3.05, 3.63) is 12.0 Å². The minimum atomic E-state index is -4.60. The Morgan fingerprint density at radius 3 is 2.80 bits per heavy atom. The first-order chi connectivity index (χ1) is 9.32. The molecule has 2 unspecified atom stereocenters. The van der Waals surface area contributed by atoms with Crippen LogP contribution in [0.3, 0.4) is 0 Å². The summed E-state index contributed by atoms with van der Waals surface area (Å²) in [4.78, 5) is 19.5. The second-order valence-corrected chi connectivity index (χ2v) is 5.19. The van der Waals surface area contributed by atoms with Crippen LogP contribution in [0.1, 0.15) is 12.6 Å². The molecule has 0 aromatic carbocycles. The summed E-state index contributed by atoms with van der Waals surface area (Å²) in [7, 11) is 0. The van der Waals surface area contributed by atoms with Gasteiger partial charge in [-0.15, -0.1) is 11.8 Å². The number of hydrogen-bond donors (Lipinski definition) is 1. The Kier molecular flexibility index (Phi) is 4.07. The number of thioether (sulfide) groups is 1. The van der Waals surface area contributed by atoms with Crippen LogP contribution >= 0.6 is 11.8 Å². The van der Waals surface area contributed by atoms with Crippen LogP contribution in [0.2, 0.25) is 0 Å². The molecule has 9 heteroatoms. The van der Waals surface area contributed by atoms with Gasteiger partial charge in [-0.1, -0.05) is 6.92 Å². The number of halogens is 3. The lowest BCUT2D eigenvalue weighted by atomic mass is 9.97. The van der Waals surface area contributed by atoms with Crippen LogP contribution in [0.15, 0.2) is 15.7 Å². The van der Waals surface area contributed by atoms with E-state index in [4.69, 9.17) is 0 Å². The standard InChI is InChI=1S/C11H12F3N3O2S/c1-5-3-15-9(20-2)7(5)8(18)17-10-16-6(4-19-10)11(12,13)14/h4-5,7H,3H2,1-2H3,(H,16,17,18). The molecule has 1 N–H and O–H groups in total. The minimum absolute atomic E-state index is 0.00509. The molecule has 1 amide bonds. The number of aromatic nitrogens is 1. The van der Waals surface area contributed by atoms with Crippen LogP contribution in [0.4, 0.5) is 19.2 Å². The number of nitrogens with one attached hydrogen (secondary N) is 1. The lowest BCUT2D eigenvalue weighted by molar-refractivity contribution is -0.141. The molecule has 0 radical (unpaired) electrons. The second kappa shape index (κ2) is 5.47. The van der Waals surface area contributed by atoms with E-state index in [1.807, 2.05) is 6.92 Å². The molecule has 0 saturated carbocycles. The molecule has 0 fully saturated rings. The van der Waals surface area contributed by atoms with E-state index >= 15 is 0 Å². The van der Waals surface area contributed by atoms with Crippen LogP contribution in [0.5, 0.6) is 0 Å². The summed E-state index contributed by atoms with van der Waals surface area (Å²) in [5.74, 6) is -0.945. The summed E-state index contributed by atoms with van der Waals surface area (Å²) in [5.41, 5.74) is -1.17. The van der Waals surface area contributed by atoms with E-state index in [0.717, 1.165) is 0 Å². The maximum absolute atomic E-state index is 12.4. The predicted molar refractivity (Wildman–Crippen MR) is 68.6 cm³/mol. The van der Waals surface area contributed by atoms with Gasteiger partial charge in [-0.2, -0.15) is 18.2 Å². The van der Waals surface area contributed by atoms with Gasteiger partial charge in [-0.05, 0) is 12.2 Å². The largest absolute Gasteiger partial charge is 0.436 e. The Balaban J connectivity index is 2.08. The van der Waals surface area contributed by atoms with Gasteiger partial charge in [-0.25, -0.2) is 0 Å². The summed E-state index contributed by atoms with van der Waals surface area (Å²) in [6, 6.07) is -0.457. The van der Waals surface area contributed by atoms with Crippen LogP contribution in [0.25, 0.3) is 0 Å². The molecule has 5 nitrogen and oxygen atoms in total. The predicted octanol–water partition coefficient (Wildman–Crippen LogP) is 2.66. The van der Waals surface area contributed by atoms with Gasteiger partial charge < -0.3 is 4.42 Å². The topological polar surface area (TPSA) is 67.5 Å². The number of alkyl halides is 3. The van der Waals surface area contributed by atoms with Gasteiger partial charge >= 0.3 is 12.2 Å². The molecule has 0 saturated heterocycles. The van der Waals surface area contributed by atoms with Gasteiger partial charge in [0.15, 0.2) is 5.69 Å². The molecule has 0 bridgehead atoms. The number of carbonyl (C=O) groups is 1. The first-order valence-electron chi connectivity index (χ1n) is 5.75. The molecule has 2 rings (SSSR count). The zero-order valence-corrected chi connectivity index (χ0v) is 11.5. The number of aliphatic imine (C=N–C) groups is 1. The third kappa shape index (κ3) is 2.97. The average Bonchev–Trinajstić information content (AvgIpc) is 2.94. The van der Waals surface area contributed by atoms with Crippen LogP contribution < -0.4 is 5.32 Å². The highest BCUT2D eigenvalue weighted by Gasteiger charge is 2.37. The molecular weight excluding hydrogens is 295 g/mol. The first kappa shape index (κ1) is 14.9. The maximum atomic E-state index is 12.4. The Hall–Kier alpha value is -1.51. The first-order valence-corrected chi connectivity index (χ1v) is 6.97. The fraction of sp³-hybridized carbons (Fsp3) is 0.545. The van der Waals surface area contributed by atoms with Crippen molar-refractivity contribution in [1.82, 2.24) is 4.98 Å². The van der Waals surface area contributed by atoms with Gasteiger partial charge in [0.1, 0.15) is 6.26 Å². The molecule has 0 spiro atoms. The van der Waals surface area contributed by atoms with Crippen LogP contribution in [-0.4, -0.2) is 28.7 Å². The monoisotopic (exact) mass is 307 g/mol. The lowest BCUT2D eigenvalue weighted by Crippen LogP contribution is -2.30. The van der Waals surface area contributed by atoms with Gasteiger partial charge in [0.25, 0.3) is 0 Å². The summed E-state index contributed by atoms with van der Waals surface area (Å²) in [6.45, 7) is 2.38. The number of rotatable bonds is 2. The number of nitrogens with zero attached hydrogens (tertiary/aromatic N) is 2. The quantitative estimate of drug-likeness (QED) is 0.912. The molecule has 20 heavy (non-hydrogen) atoms. The van der Waals surface area contributed by atoms with Gasteiger partial charge in [-0.3, -0.25) is 15.1 Å². The highest BCUT2D eigenvalue weighted by atomic mass is 32.2. The summed E-state index contributed by atoms with van der Waals surface area (Å²) in [5, 5.41) is 2.92. The molecule has 0 aliphatic carbocycles. The molecule has 1 aromatic rings. The number of amides is 1. The van der Waals surface area contributed by atoms with Crippen molar-refractivity contribution in [3.8, 4) is 0 Å². The van der Waals surface area contributed by atoms with Crippen molar-refractivity contribution in [2.45, 2.75) is 13.1 Å². The van der Waals surface area contributed by atoms with Crippen molar-refractivity contribution in [2.24, 2.45) is 16.8 Å². The second-order valence-electron chi connectivity index (χ2n) is 4.36. The molecule has 2 atom stereocenters. The third-order valence-corrected chi connectivity index (χ3v) is 3.69. The summed E-state index contributed by atoms with van der Waals surface area (Å²) in [6.07, 6.45) is -2.33. The van der Waals surface area contributed by atoms with E-state index in [-0.39, 0.29) is 5.92 Å². The fourth-order valence-electron chi connectivity index (χ4n) is 1.89. The Labute approximate surface area is 117 Å².